The Morgan fingerprint density at radius 3 is 2.38 bits per heavy atom. The van der Waals surface area contributed by atoms with E-state index in [1.165, 1.54) is 6.20 Å². The van der Waals surface area contributed by atoms with Crippen LogP contribution in [0, 0.1) is 5.92 Å². The Morgan fingerprint density at radius 1 is 1.12 bits per heavy atom. The molecular formula is C15H20N4O4S. The van der Waals surface area contributed by atoms with Crippen LogP contribution in [0.1, 0.15) is 29.8 Å². The SMILES string of the molecule is O=C(C1CCC1)N1CCN(C(=O)c2ccn[nH]2)[C@H]2CS(=O)(=O)C[C@H]21. The zero-order valence-electron chi connectivity index (χ0n) is 13.2. The number of sulfone groups is 1. The van der Waals surface area contributed by atoms with Crippen molar-refractivity contribution in [3.63, 3.8) is 0 Å². The van der Waals surface area contributed by atoms with Gasteiger partial charge in [-0.2, -0.15) is 5.10 Å². The van der Waals surface area contributed by atoms with Crippen molar-refractivity contribution >= 4 is 21.7 Å². The van der Waals surface area contributed by atoms with Gasteiger partial charge in [-0.15, -0.1) is 0 Å². The second-order valence-electron chi connectivity index (χ2n) is 6.84. The van der Waals surface area contributed by atoms with Crippen molar-refractivity contribution in [2.75, 3.05) is 24.6 Å². The van der Waals surface area contributed by atoms with Crippen molar-refractivity contribution in [3.05, 3.63) is 18.0 Å². The number of aromatic nitrogens is 2. The van der Waals surface area contributed by atoms with Crippen molar-refractivity contribution in [1.29, 1.82) is 0 Å². The molecule has 0 aromatic carbocycles. The molecule has 1 N–H and O–H groups in total. The maximum Gasteiger partial charge on any atom is 0.272 e. The molecule has 24 heavy (non-hydrogen) atoms. The van der Waals surface area contributed by atoms with E-state index in [0.29, 0.717) is 18.8 Å². The zero-order chi connectivity index (χ0) is 16.9. The van der Waals surface area contributed by atoms with Crippen LogP contribution in [-0.2, 0) is 14.6 Å². The molecule has 2 saturated heterocycles. The van der Waals surface area contributed by atoms with E-state index < -0.39 is 21.9 Å². The standard InChI is InChI=1S/C15H20N4O4S/c20-14(10-2-1-3-10)18-6-7-19(15(21)11-4-5-16-17-11)13-9-24(22,23)8-12(13)18/h4-5,10,12-13H,1-3,6-9H2,(H,16,17)/t12-,13+/m1/s1. The Hall–Kier alpha value is -1.90. The molecule has 9 heteroatoms. The molecule has 2 aliphatic heterocycles. The molecule has 3 aliphatic rings. The summed E-state index contributed by atoms with van der Waals surface area (Å²) in [6.45, 7) is 0.749. The summed E-state index contributed by atoms with van der Waals surface area (Å²) in [6, 6.07) is 0.680. The minimum Gasteiger partial charge on any atom is -0.335 e. The Kier molecular flexibility index (Phi) is 3.63. The quantitative estimate of drug-likeness (QED) is 0.784. The molecule has 8 nitrogen and oxygen atoms in total. The Balaban J connectivity index is 1.60. The van der Waals surface area contributed by atoms with Crippen LogP contribution in [0.15, 0.2) is 12.3 Å². The summed E-state index contributed by atoms with van der Waals surface area (Å²) in [5, 5.41) is 6.42. The number of fused-ring (bicyclic) bond motifs is 1. The highest BCUT2D eigenvalue weighted by Crippen LogP contribution is 2.33. The highest BCUT2D eigenvalue weighted by atomic mass is 32.2. The second-order valence-corrected chi connectivity index (χ2v) is 8.99. The van der Waals surface area contributed by atoms with Crippen LogP contribution in [0.4, 0.5) is 0 Å². The molecule has 3 heterocycles. The van der Waals surface area contributed by atoms with E-state index in [0.717, 1.165) is 19.3 Å². The predicted octanol–water partition coefficient (Wildman–Crippen LogP) is -0.340. The maximum atomic E-state index is 12.7. The first-order valence-corrected chi connectivity index (χ1v) is 10.1. The Labute approximate surface area is 140 Å². The minimum atomic E-state index is -3.26. The van der Waals surface area contributed by atoms with Crippen LogP contribution >= 0.6 is 0 Å². The summed E-state index contributed by atoms with van der Waals surface area (Å²) in [7, 11) is -3.26. The predicted molar refractivity (Wildman–Crippen MR) is 84.9 cm³/mol. The Bertz CT molecular complexity index is 756. The van der Waals surface area contributed by atoms with Gasteiger partial charge in [0.25, 0.3) is 5.91 Å². The molecule has 0 radical (unpaired) electrons. The van der Waals surface area contributed by atoms with Crippen LogP contribution in [0.5, 0.6) is 0 Å². The first-order valence-electron chi connectivity index (χ1n) is 8.27. The Morgan fingerprint density at radius 2 is 1.79 bits per heavy atom. The molecule has 3 fully saturated rings. The van der Waals surface area contributed by atoms with E-state index in [4.69, 9.17) is 0 Å². The maximum absolute atomic E-state index is 12.7. The van der Waals surface area contributed by atoms with Crippen LogP contribution in [0.3, 0.4) is 0 Å². The number of carbonyl (C=O) groups excluding carboxylic acids is 2. The number of hydrogen-bond acceptors (Lipinski definition) is 5. The molecule has 1 aliphatic carbocycles. The van der Waals surface area contributed by atoms with Gasteiger partial charge in [0.2, 0.25) is 5.91 Å². The summed E-state index contributed by atoms with van der Waals surface area (Å²) < 4.78 is 24.4. The number of H-pyrrole nitrogens is 1. The number of piperazine rings is 1. The first-order chi connectivity index (χ1) is 11.5. The highest BCUT2D eigenvalue weighted by molar-refractivity contribution is 7.91. The number of aromatic amines is 1. The van der Waals surface area contributed by atoms with E-state index in [1.54, 1.807) is 15.9 Å². The molecule has 1 aromatic heterocycles. The monoisotopic (exact) mass is 352 g/mol. The highest BCUT2D eigenvalue weighted by Gasteiger charge is 2.50. The fourth-order valence-electron chi connectivity index (χ4n) is 3.90. The average molecular weight is 352 g/mol. The van der Waals surface area contributed by atoms with Crippen molar-refractivity contribution in [1.82, 2.24) is 20.0 Å². The van der Waals surface area contributed by atoms with E-state index in [-0.39, 0.29) is 29.2 Å². The molecule has 2 atom stereocenters. The lowest BCUT2D eigenvalue weighted by molar-refractivity contribution is -0.143. The summed E-state index contributed by atoms with van der Waals surface area (Å²) in [5.74, 6) is -0.296. The largest absolute Gasteiger partial charge is 0.335 e. The van der Waals surface area contributed by atoms with Crippen LogP contribution < -0.4 is 0 Å². The molecule has 0 spiro atoms. The van der Waals surface area contributed by atoms with Crippen molar-refractivity contribution < 1.29 is 18.0 Å². The first kappa shape index (κ1) is 15.6. The van der Waals surface area contributed by atoms with Crippen LogP contribution in [0.2, 0.25) is 0 Å². The lowest BCUT2D eigenvalue weighted by atomic mass is 9.83. The van der Waals surface area contributed by atoms with E-state index in [1.807, 2.05) is 0 Å². The summed E-state index contributed by atoms with van der Waals surface area (Å²) in [4.78, 5) is 28.6. The van der Waals surface area contributed by atoms with Gasteiger partial charge in [-0.3, -0.25) is 14.7 Å². The van der Waals surface area contributed by atoms with E-state index in [2.05, 4.69) is 10.2 Å². The van der Waals surface area contributed by atoms with Gasteiger partial charge in [-0.1, -0.05) is 6.42 Å². The zero-order valence-corrected chi connectivity index (χ0v) is 14.0. The summed E-state index contributed by atoms with van der Waals surface area (Å²) in [5.41, 5.74) is 0.344. The number of nitrogens with one attached hydrogen (secondary N) is 1. The smallest absolute Gasteiger partial charge is 0.272 e. The average Bonchev–Trinajstić information content (AvgIpc) is 3.09. The van der Waals surface area contributed by atoms with Gasteiger partial charge in [0.1, 0.15) is 5.69 Å². The van der Waals surface area contributed by atoms with Gasteiger partial charge in [-0.25, -0.2) is 8.42 Å². The lowest BCUT2D eigenvalue weighted by Gasteiger charge is -2.45. The number of nitrogens with zero attached hydrogens (tertiary/aromatic N) is 3. The van der Waals surface area contributed by atoms with Crippen molar-refractivity contribution in [2.45, 2.75) is 31.3 Å². The second kappa shape index (κ2) is 5.58. The number of amides is 2. The molecule has 0 unspecified atom stereocenters. The molecular weight excluding hydrogens is 332 g/mol. The minimum absolute atomic E-state index is 0.0313. The number of hydrogen-bond donors (Lipinski definition) is 1. The van der Waals surface area contributed by atoms with Gasteiger partial charge in [0, 0.05) is 25.2 Å². The van der Waals surface area contributed by atoms with Crippen LogP contribution in [0.25, 0.3) is 0 Å². The molecule has 4 rings (SSSR count). The molecule has 1 aromatic rings. The molecule has 130 valence electrons. The van der Waals surface area contributed by atoms with Crippen LogP contribution in [-0.4, -0.2) is 76.9 Å². The number of rotatable bonds is 2. The molecule has 0 bridgehead atoms. The summed E-state index contributed by atoms with van der Waals surface area (Å²) >= 11 is 0. The normalized spacial score (nSPS) is 29.2. The lowest BCUT2D eigenvalue weighted by Crippen LogP contribution is -2.63. The van der Waals surface area contributed by atoms with Gasteiger partial charge in [-0.05, 0) is 18.9 Å². The number of carbonyl (C=O) groups is 2. The molecule has 2 amide bonds. The van der Waals surface area contributed by atoms with E-state index >= 15 is 0 Å². The van der Waals surface area contributed by atoms with Gasteiger partial charge in [0.15, 0.2) is 9.84 Å². The van der Waals surface area contributed by atoms with Gasteiger partial charge < -0.3 is 9.80 Å². The fraction of sp³-hybridized carbons (Fsp3) is 0.667. The van der Waals surface area contributed by atoms with Gasteiger partial charge >= 0.3 is 0 Å². The van der Waals surface area contributed by atoms with E-state index in [9.17, 15) is 18.0 Å². The third-order valence-electron chi connectivity index (χ3n) is 5.41. The topological polar surface area (TPSA) is 103 Å². The van der Waals surface area contributed by atoms with Gasteiger partial charge in [0.05, 0.1) is 23.6 Å². The molecule has 1 saturated carbocycles. The van der Waals surface area contributed by atoms with Crippen molar-refractivity contribution in [2.24, 2.45) is 5.92 Å². The van der Waals surface area contributed by atoms with Crippen molar-refractivity contribution in [3.8, 4) is 0 Å². The third kappa shape index (κ3) is 2.51. The fourth-order valence-corrected chi connectivity index (χ4v) is 5.88. The summed E-state index contributed by atoms with van der Waals surface area (Å²) in [6.07, 6.45) is 4.32. The third-order valence-corrected chi connectivity index (χ3v) is 7.10.